The second kappa shape index (κ2) is 5.00. The number of hydrogen-bond donors (Lipinski definition) is 0. The van der Waals surface area contributed by atoms with Gasteiger partial charge in [0.05, 0.1) is 23.6 Å². The maximum atomic E-state index is 11.6. The van der Waals surface area contributed by atoms with Gasteiger partial charge in [0.1, 0.15) is 0 Å². The highest BCUT2D eigenvalue weighted by atomic mass is 32.2. The topological polar surface area (TPSA) is 29.5 Å². The lowest BCUT2D eigenvalue weighted by atomic mass is 10.3. The smallest absolute Gasteiger partial charge is 0.309 e. The molecule has 0 spiro atoms. The number of rotatable bonds is 3. The van der Waals surface area contributed by atoms with Crippen LogP contribution in [0.15, 0.2) is 29.2 Å². The lowest BCUT2D eigenvalue weighted by Gasteiger charge is -2.21. The van der Waals surface area contributed by atoms with Gasteiger partial charge in [-0.2, -0.15) is 0 Å². The summed E-state index contributed by atoms with van der Waals surface area (Å²) in [6.07, 6.45) is 0.384. The average Bonchev–Trinajstić information content (AvgIpc) is 2.55. The van der Waals surface area contributed by atoms with Gasteiger partial charge in [-0.05, 0) is 26.0 Å². The predicted octanol–water partition coefficient (Wildman–Crippen LogP) is 2.90. The first kappa shape index (κ1) is 12.3. The molecule has 3 nitrogen and oxygen atoms in total. The minimum atomic E-state index is -0.128. The summed E-state index contributed by atoms with van der Waals surface area (Å²) in [5.41, 5.74) is 1.19. The summed E-state index contributed by atoms with van der Waals surface area (Å²) < 4.78 is 5.18. The van der Waals surface area contributed by atoms with E-state index >= 15 is 0 Å². The summed E-state index contributed by atoms with van der Waals surface area (Å²) >= 11 is 1.72. The van der Waals surface area contributed by atoms with Gasteiger partial charge in [0.2, 0.25) is 0 Å². The van der Waals surface area contributed by atoms with E-state index in [1.54, 1.807) is 11.8 Å². The van der Waals surface area contributed by atoms with Crippen molar-refractivity contribution >= 4 is 23.4 Å². The number of benzene rings is 1. The molecule has 4 heteroatoms. The first-order chi connectivity index (χ1) is 8.08. The third-order valence-corrected chi connectivity index (χ3v) is 4.00. The second-order valence-corrected chi connectivity index (χ2v) is 5.61. The van der Waals surface area contributed by atoms with Gasteiger partial charge < -0.3 is 9.64 Å². The van der Waals surface area contributed by atoms with E-state index in [9.17, 15) is 4.79 Å². The number of para-hydroxylation sites is 1. The van der Waals surface area contributed by atoms with Crippen molar-refractivity contribution in [3.8, 4) is 0 Å². The van der Waals surface area contributed by atoms with Crippen LogP contribution in [0.25, 0.3) is 0 Å². The molecule has 1 aliphatic rings. The van der Waals surface area contributed by atoms with Crippen molar-refractivity contribution in [1.82, 2.24) is 0 Å². The number of anilines is 1. The van der Waals surface area contributed by atoms with Gasteiger partial charge in [0.15, 0.2) is 0 Å². The normalized spacial score (nSPS) is 18.4. The maximum absolute atomic E-state index is 11.6. The van der Waals surface area contributed by atoms with Crippen LogP contribution in [0.3, 0.4) is 0 Å². The zero-order valence-corrected chi connectivity index (χ0v) is 11.2. The quantitative estimate of drug-likeness (QED) is 0.773. The Hall–Kier alpha value is -1.16. The molecular formula is C13H17NO2S. The van der Waals surface area contributed by atoms with Gasteiger partial charge >= 0.3 is 5.97 Å². The van der Waals surface area contributed by atoms with Crippen LogP contribution < -0.4 is 4.90 Å². The molecule has 0 aromatic heterocycles. The van der Waals surface area contributed by atoms with Gasteiger partial charge in [-0.3, -0.25) is 4.79 Å². The molecule has 92 valence electrons. The first-order valence-corrected chi connectivity index (χ1v) is 6.64. The molecule has 0 aliphatic carbocycles. The first-order valence-electron chi connectivity index (χ1n) is 5.76. The van der Waals surface area contributed by atoms with E-state index in [0.29, 0.717) is 6.42 Å². The molecule has 2 rings (SSSR count). The fraction of sp³-hybridized carbons (Fsp3) is 0.462. The molecule has 1 aromatic rings. The zero-order valence-electron chi connectivity index (χ0n) is 10.3. The molecule has 0 radical (unpaired) electrons. The van der Waals surface area contributed by atoms with Crippen LogP contribution >= 0.6 is 11.8 Å². The van der Waals surface area contributed by atoms with Crippen molar-refractivity contribution in [1.29, 1.82) is 0 Å². The number of ether oxygens (including phenoxy) is 1. The molecule has 0 saturated carbocycles. The molecule has 1 atom stereocenters. The van der Waals surface area contributed by atoms with Crippen LogP contribution in [0.5, 0.6) is 0 Å². The van der Waals surface area contributed by atoms with Crippen LogP contribution in [-0.4, -0.2) is 24.5 Å². The summed E-state index contributed by atoms with van der Waals surface area (Å²) in [7, 11) is 2.02. The molecule has 0 N–H and O–H groups in total. The highest BCUT2D eigenvalue weighted by molar-refractivity contribution is 8.00. The minimum Gasteiger partial charge on any atom is -0.463 e. The molecule has 1 unspecified atom stereocenters. The molecular weight excluding hydrogens is 234 g/mol. The summed E-state index contributed by atoms with van der Waals surface area (Å²) in [5, 5.41) is 0.152. The fourth-order valence-corrected chi connectivity index (χ4v) is 3.14. The van der Waals surface area contributed by atoms with Crippen molar-refractivity contribution in [2.75, 3.05) is 11.9 Å². The van der Waals surface area contributed by atoms with Gasteiger partial charge in [0, 0.05) is 11.9 Å². The van der Waals surface area contributed by atoms with Gasteiger partial charge in [-0.25, -0.2) is 0 Å². The highest BCUT2D eigenvalue weighted by Gasteiger charge is 2.29. The van der Waals surface area contributed by atoms with Crippen LogP contribution in [0.4, 0.5) is 5.69 Å². The SMILES string of the molecule is CC(C)OC(=O)CC1Sc2ccccc2N1C. The molecule has 1 heterocycles. The van der Waals surface area contributed by atoms with Crippen molar-refractivity contribution < 1.29 is 9.53 Å². The number of nitrogens with zero attached hydrogens (tertiary/aromatic N) is 1. The Balaban J connectivity index is 2.00. The summed E-state index contributed by atoms with van der Waals surface area (Å²) in [6.45, 7) is 3.75. The van der Waals surface area contributed by atoms with E-state index in [0.717, 1.165) is 0 Å². The van der Waals surface area contributed by atoms with E-state index in [2.05, 4.69) is 17.0 Å². The third-order valence-electron chi connectivity index (χ3n) is 2.65. The van der Waals surface area contributed by atoms with E-state index < -0.39 is 0 Å². The Morgan fingerprint density at radius 3 is 2.82 bits per heavy atom. The van der Waals surface area contributed by atoms with Crippen LogP contribution in [0.2, 0.25) is 0 Å². The number of fused-ring (bicyclic) bond motifs is 1. The number of carbonyl (C=O) groups excluding carboxylic acids is 1. The van der Waals surface area contributed by atoms with Gasteiger partial charge in [0.25, 0.3) is 0 Å². The number of carbonyl (C=O) groups is 1. The summed E-state index contributed by atoms with van der Waals surface area (Å²) in [6, 6.07) is 8.21. The second-order valence-electron chi connectivity index (χ2n) is 4.39. The molecule has 17 heavy (non-hydrogen) atoms. The molecule has 0 fully saturated rings. The van der Waals surface area contributed by atoms with E-state index in [-0.39, 0.29) is 17.4 Å². The Bertz CT molecular complexity index is 420. The molecule has 0 bridgehead atoms. The summed E-state index contributed by atoms with van der Waals surface area (Å²) in [4.78, 5) is 15.0. The van der Waals surface area contributed by atoms with Gasteiger partial charge in [-0.15, -0.1) is 0 Å². The van der Waals surface area contributed by atoms with Crippen molar-refractivity contribution in [2.45, 2.75) is 36.6 Å². The predicted molar refractivity (Wildman–Crippen MR) is 70.3 cm³/mol. The molecule has 0 saturated heterocycles. The van der Waals surface area contributed by atoms with Crippen molar-refractivity contribution in [3.05, 3.63) is 24.3 Å². The fourth-order valence-electron chi connectivity index (χ4n) is 1.86. The minimum absolute atomic E-state index is 0.0402. The Labute approximate surface area is 106 Å². The Morgan fingerprint density at radius 1 is 1.47 bits per heavy atom. The maximum Gasteiger partial charge on any atom is 0.309 e. The van der Waals surface area contributed by atoms with Crippen molar-refractivity contribution in [3.63, 3.8) is 0 Å². The van der Waals surface area contributed by atoms with E-state index in [1.807, 2.05) is 33.0 Å². The van der Waals surface area contributed by atoms with Crippen LogP contribution in [-0.2, 0) is 9.53 Å². The zero-order chi connectivity index (χ0) is 12.4. The van der Waals surface area contributed by atoms with E-state index in [4.69, 9.17) is 4.74 Å². The van der Waals surface area contributed by atoms with Crippen molar-refractivity contribution in [2.24, 2.45) is 0 Å². The number of esters is 1. The van der Waals surface area contributed by atoms with Crippen LogP contribution in [0.1, 0.15) is 20.3 Å². The number of thioether (sulfide) groups is 1. The lowest BCUT2D eigenvalue weighted by Crippen LogP contribution is -2.28. The average molecular weight is 251 g/mol. The summed E-state index contributed by atoms with van der Waals surface area (Å²) in [5.74, 6) is -0.128. The molecule has 1 aromatic carbocycles. The van der Waals surface area contributed by atoms with Crippen LogP contribution in [0, 0.1) is 0 Å². The van der Waals surface area contributed by atoms with E-state index in [1.165, 1.54) is 10.6 Å². The van der Waals surface area contributed by atoms with Gasteiger partial charge in [-0.1, -0.05) is 23.9 Å². The third kappa shape index (κ3) is 2.75. The number of hydrogen-bond acceptors (Lipinski definition) is 4. The molecule has 0 amide bonds. The largest absolute Gasteiger partial charge is 0.463 e. The highest BCUT2D eigenvalue weighted by Crippen LogP contribution is 2.43. The lowest BCUT2D eigenvalue weighted by molar-refractivity contribution is -0.147. The Morgan fingerprint density at radius 2 is 2.18 bits per heavy atom. The molecule has 1 aliphatic heterocycles. The Kier molecular flexibility index (Phi) is 3.62. The monoisotopic (exact) mass is 251 g/mol. The standard InChI is InChI=1S/C13H17NO2S/c1-9(2)16-13(15)8-12-14(3)10-6-4-5-7-11(10)17-12/h4-7,9,12H,8H2,1-3H3.